The number of benzene rings is 1. The van der Waals surface area contributed by atoms with Crippen molar-refractivity contribution in [1.29, 1.82) is 0 Å². The average Bonchev–Trinajstić information content (AvgIpc) is 2.30. The number of hydrogen-bond acceptors (Lipinski definition) is 3. The molecule has 0 saturated carbocycles. The maximum atomic E-state index is 12.8. The molecule has 1 saturated heterocycles. The van der Waals surface area contributed by atoms with Crippen LogP contribution in [0.3, 0.4) is 0 Å². The van der Waals surface area contributed by atoms with E-state index in [1.165, 1.54) is 12.1 Å². The van der Waals surface area contributed by atoms with E-state index in [4.69, 9.17) is 5.73 Å². The van der Waals surface area contributed by atoms with Crippen molar-refractivity contribution in [2.24, 2.45) is 5.73 Å². The lowest BCUT2D eigenvalue weighted by Crippen LogP contribution is -2.58. The summed E-state index contributed by atoms with van der Waals surface area (Å²) in [6, 6.07) is 5.73. The number of nitrogens with zero attached hydrogens (tertiary/aromatic N) is 1. The third kappa shape index (κ3) is 1.99. The zero-order chi connectivity index (χ0) is 11.5. The molecule has 2 rings (SSSR count). The number of hydrogen-bond donors (Lipinski definition) is 2. The number of amides is 1. The van der Waals surface area contributed by atoms with Crippen LogP contribution in [0.25, 0.3) is 0 Å². The van der Waals surface area contributed by atoms with E-state index in [9.17, 15) is 9.18 Å². The van der Waals surface area contributed by atoms with E-state index in [1.54, 1.807) is 12.1 Å². The molecule has 86 valence electrons. The summed E-state index contributed by atoms with van der Waals surface area (Å²) in [6.45, 7) is 1.54. The lowest BCUT2D eigenvalue weighted by atomic mass is 10.1. The smallest absolute Gasteiger partial charge is 0.244 e. The summed E-state index contributed by atoms with van der Waals surface area (Å²) in [7, 11) is 0. The Bertz CT molecular complexity index is 379. The lowest BCUT2D eigenvalue weighted by Gasteiger charge is -2.36. The summed E-state index contributed by atoms with van der Waals surface area (Å²) < 4.78 is 12.8. The van der Waals surface area contributed by atoms with Gasteiger partial charge in [0, 0.05) is 25.3 Å². The predicted octanol–water partition coefficient (Wildman–Crippen LogP) is 0.0892. The lowest BCUT2D eigenvalue weighted by molar-refractivity contribution is -0.123. The van der Waals surface area contributed by atoms with Gasteiger partial charge < -0.3 is 16.0 Å². The molecule has 1 fully saturated rings. The van der Waals surface area contributed by atoms with E-state index in [1.807, 2.05) is 4.90 Å². The van der Waals surface area contributed by atoms with E-state index in [-0.39, 0.29) is 24.3 Å². The first kappa shape index (κ1) is 10.9. The Morgan fingerprint density at radius 3 is 2.75 bits per heavy atom. The first-order chi connectivity index (χ1) is 7.72. The van der Waals surface area contributed by atoms with Gasteiger partial charge in [-0.15, -0.1) is 0 Å². The number of nitrogens with one attached hydrogen (secondary N) is 1. The van der Waals surface area contributed by atoms with Gasteiger partial charge in [-0.3, -0.25) is 4.79 Å². The maximum Gasteiger partial charge on any atom is 0.244 e. The van der Waals surface area contributed by atoms with Crippen molar-refractivity contribution < 1.29 is 9.18 Å². The largest absolute Gasteiger partial charge is 0.357 e. The van der Waals surface area contributed by atoms with Crippen LogP contribution in [0, 0.1) is 5.82 Å². The van der Waals surface area contributed by atoms with E-state index in [2.05, 4.69) is 5.32 Å². The molecule has 1 aromatic rings. The van der Waals surface area contributed by atoms with Gasteiger partial charge in [0.15, 0.2) is 0 Å². The van der Waals surface area contributed by atoms with Crippen molar-refractivity contribution in [3.63, 3.8) is 0 Å². The molecular weight excluding hydrogens is 209 g/mol. The van der Waals surface area contributed by atoms with Crippen LogP contribution >= 0.6 is 0 Å². The molecule has 1 aliphatic heterocycles. The van der Waals surface area contributed by atoms with Crippen molar-refractivity contribution in [1.82, 2.24) is 5.32 Å². The Morgan fingerprint density at radius 1 is 1.44 bits per heavy atom. The van der Waals surface area contributed by atoms with Crippen LogP contribution < -0.4 is 16.0 Å². The molecule has 0 aliphatic carbocycles. The van der Waals surface area contributed by atoms with Gasteiger partial charge in [-0.2, -0.15) is 0 Å². The third-order valence-corrected chi connectivity index (χ3v) is 2.71. The molecule has 1 aliphatic rings. The number of nitrogens with two attached hydrogens (primary N) is 1. The highest BCUT2D eigenvalue weighted by Crippen LogP contribution is 2.18. The molecule has 1 aromatic carbocycles. The average molecular weight is 223 g/mol. The fourth-order valence-corrected chi connectivity index (χ4v) is 1.89. The van der Waals surface area contributed by atoms with Gasteiger partial charge in [-0.25, -0.2) is 4.39 Å². The predicted molar refractivity (Wildman–Crippen MR) is 59.6 cm³/mol. The topological polar surface area (TPSA) is 58.4 Å². The molecule has 0 spiro atoms. The highest BCUT2D eigenvalue weighted by molar-refractivity contribution is 5.86. The summed E-state index contributed by atoms with van der Waals surface area (Å²) in [4.78, 5) is 13.5. The molecule has 1 heterocycles. The Morgan fingerprint density at radius 2 is 2.12 bits per heavy atom. The summed E-state index contributed by atoms with van der Waals surface area (Å²) in [6.07, 6.45) is 0. The van der Waals surface area contributed by atoms with Gasteiger partial charge in [0.25, 0.3) is 0 Å². The van der Waals surface area contributed by atoms with Gasteiger partial charge in [0.2, 0.25) is 5.91 Å². The second kappa shape index (κ2) is 4.49. The van der Waals surface area contributed by atoms with Crippen molar-refractivity contribution >= 4 is 11.6 Å². The summed E-state index contributed by atoms with van der Waals surface area (Å²) in [5.74, 6) is -0.354. The Kier molecular flexibility index (Phi) is 3.05. The summed E-state index contributed by atoms with van der Waals surface area (Å²) >= 11 is 0. The van der Waals surface area contributed by atoms with E-state index in [0.717, 1.165) is 5.69 Å². The second-order valence-electron chi connectivity index (χ2n) is 3.71. The van der Waals surface area contributed by atoms with E-state index < -0.39 is 0 Å². The van der Waals surface area contributed by atoms with Crippen LogP contribution in [0.15, 0.2) is 24.3 Å². The normalized spacial score (nSPS) is 20.8. The standard InChI is InChI=1S/C11H14FN3O/c12-8-1-3-9(4-2-8)15-6-5-14-11(16)10(15)7-13/h1-4,10H,5-7,13H2,(H,14,16). The molecular formula is C11H14FN3O. The van der Waals surface area contributed by atoms with E-state index in [0.29, 0.717) is 13.1 Å². The van der Waals surface area contributed by atoms with E-state index >= 15 is 0 Å². The molecule has 1 atom stereocenters. The highest BCUT2D eigenvalue weighted by atomic mass is 19.1. The van der Waals surface area contributed by atoms with Crippen LogP contribution in [-0.4, -0.2) is 31.6 Å². The number of carbonyl (C=O) groups is 1. The zero-order valence-electron chi connectivity index (χ0n) is 8.82. The minimum atomic E-state index is -0.362. The first-order valence-corrected chi connectivity index (χ1v) is 5.22. The molecule has 1 unspecified atom stereocenters. The number of halogens is 1. The quantitative estimate of drug-likeness (QED) is 0.747. The van der Waals surface area contributed by atoms with Crippen LogP contribution in [-0.2, 0) is 4.79 Å². The van der Waals surface area contributed by atoms with Gasteiger partial charge in [0.1, 0.15) is 11.9 Å². The van der Waals surface area contributed by atoms with Gasteiger partial charge in [-0.05, 0) is 24.3 Å². The Balaban J connectivity index is 2.24. The SMILES string of the molecule is NCC1C(=O)NCCN1c1ccc(F)cc1. The van der Waals surface area contributed by atoms with Crippen LogP contribution in [0.2, 0.25) is 0 Å². The van der Waals surface area contributed by atoms with Gasteiger partial charge in [0.05, 0.1) is 0 Å². The number of carbonyl (C=O) groups excluding carboxylic acids is 1. The highest BCUT2D eigenvalue weighted by Gasteiger charge is 2.28. The maximum absolute atomic E-state index is 12.8. The molecule has 0 bridgehead atoms. The number of piperazine rings is 1. The Hall–Kier alpha value is -1.62. The van der Waals surface area contributed by atoms with Crippen molar-refractivity contribution in [2.45, 2.75) is 6.04 Å². The van der Waals surface area contributed by atoms with Crippen molar-refractivity contribution in [3.8, 4) is 0 Å². The molecule has 16 heavy (non-hydrogen) atoms. The Labute approximate surface area is 93.2 Å². The monoisotopic (exact) mass is 223 g/mol. The molecule has 0 radical (unpaired) electrons. The fraction of sp³-hybridized carbons (Fsp3) is 0.364. The minimum absolute atomic E-state index is 0.0712. The third-order valence-electron chi connectivity index (χ3n) is 2.71. The fourth-order valence-electron chi connectivity index (χ4n) is 1.89. The first-order valence-electron chi connectivity index (χ1n) is 5.22. The number of anilines is 1. The molecule has 1 amide bonds. The van der Waals surface area contributed by atoms with Crippen LogP contribution in [0.5, 0.6) is 0 Å². The molecule has 0 aromatic heterocycles. The molecule has 3 N–H and O–H groups in total. The summed E-state index contributed by atoms with van der Waals surface area (Å²) in [5.41, 5.74) is 6.40. The van der Waals surface area contributed by atoms with Gasteiger partial charge >= 0.3 is 0 Å². The van der Waals surface area contributed by atoms with Crippen molar-refractivity contribution in [2.75, 3.05) is 24.5 Å². The van der Waals surface area contributed by atoms with Gasteiger partial charge in [-0.1, -0.05) is 0 Å². The summed E-state index contributed by atoms with van der Waals surface area (Å²) in [5, 5.41) is 2.76. The number of rotatable bonds is 2. The second-order valence-corrected chi connectivity index (χ2v) is 3.71. The molecule has 4 nitrogen and oxygen atoms in total. The minimum Gasteiger partial charge on any atom is -0.357 e. The van der Waals surface area contributed by atoms with Crippen LogP contribution in [0.1, 0.15) is 0 Å². The zero-order valence-corrected chi connectivity index (χ0v) is 8.82. The van der Waals surface area contributed by atoms with Crippen molar-refractivity contribution in [3.05, 3.63) is 30.1 Å². The molecule has 5 heteroatoms. The van der Waals surface area contributed by atoms with Crippen LogP contribution in [0.4, 0.5) is 10.1 Å².